The number of hydrogen-bond donors (Lipinski definition) is 0. The minimum atomic E-state index is 0.710. The highest BCUT2D eigenvalue weighted by atomic mass is 15.2. The molecule has 0 radical (unpaired) electrons. The fourth-order valence-corrected chi connectivity index (χ4v) is 3.17. The van der Waals surface area contributed by atoms with Gasteiger partial charge in [-0.05, 0) is 25.2 Å². The topological polar surface area (TPSA) is 46.8 Å². The van der Waals surface area contributed by atoms with Gasteiger partial charge in [0, 0.05) is 19.6 Å². The van der Waals surface area contributed by atoms with Gasteiger partial charge in [-0.1, -0.05) is 13.8 Å². The Balaban J connectivity index is 2.02. The van der Waals surface area contributed by atoms with E-state index in [2.05, 4.69) is 45.2 Å². The maximum absolute atomic E-state index is 4.51. The summed E-state index contributed by atoms with van der Waals surface area (Å²) in [4.78, 5) is 15.7. The molecule has 5 nitrogen and oxygen atoms in total. The molecule has 2 atom stereocenters. The Labute approximate surface area is 113 Å². The van der Waals surface area contributed by atoms with Crippen LogP contribution in [0.2, 0.25) is 0 Å². The van der Waals surface area contributed by atoms with Crippen LogP contribution >= 0.6 is 0 Å². The van der Waals surface area contributed by atoms with Gasteiger partial charge in [0.15, 0.2) is 17.0 Å². The number of aryl methyl sites for hydroxylation is 1. The maximum atomic E-state index is 4.51. The molecule has 1 aliphatic heterocycles. The predicted octanol–water partition coefficient (Wildman–Crippen LogP) is 2.33. The molecule has 5 heteroatoms. The van der Waals surface area contributed by atoms with E-state index in [0.29, 0.717) is 11.8 Å². The summed E-state index contributed by atoms with van der Waals surface area (Å²) in [6.45, 7) is 9.75. The van der Waals surface area contributed by atoms with Crippen molar-refractivity contribution < 1.29 is 0 Å². The van der Waals surface area contributed by atoms with E-state index in [1.165, 1.54) is 6.42 Å². The highest BCUT2D eigenvalue weighted by Crippen LogP contribution is 2.28. The van der Waals surface area contributed by atoms with E-state index in [0.717, 1.165) is 36.6 Å². The van der Waals surface area contributed by atoms with E-state index in [1.807, 2.05) is 6.33 Å². The molecule has 3 rings (SSSR count). The zero-order valence-corrected chi connectivity index (χ0v) is 11.9. The summed E-state index contributed by atoms with van der Waals surface area (Å²) in [5, 5.41) is 0. The first-order chi connectivity index (χ1) is 9.19. The number of fused-ring (bicyclic) bond motifs is 1. The fraction of sp³-hybridized carbons (Fsp3) is 0.643. The van der Waals surface area contributed by atoms with Crippen molar-refractivity contribution in [2.24, 2.45) is 11.8 Å². The second-order valence-electron chi connectivity index (χ2n) is 5.75. The zero-order valence-electron chi connectivity index (χ0n) is 11.9. The number of aromatic nitrogens is 4. The molecule has 2 aromatic heterocycles. The molecule has 0 saturated carbocycles. The minimum Gasteiger partial charge on any atom is -0.354 e. The van der Waals surface area contributed by atoms with Crippen LogP contribution in [0.5, 0.6) is 0 Å². The van der Waals surface area contributed by atoms with Gasteiger partial charge in [0.2, 0.25) is 0 Å². The molecule has 102 valence electrons. The van der Waals surface area contributed by atoms with Crippen LogP contribution < -0.4 is 4.90 Å². The van der Waals surface area contributed by atoms with Crippen LogP contribution in [0.4, 0.5) is 5.82 Å². The highest BCUT2D eigenvalue weighted by Gasteiger charge is 2.25. The van der Waals surface area contributed by atoms with Crippen molar-refractivity contribution in [3.05, 3.63) is 12.7 Å². The van der Waals surface area contributed by atoms with Crippen LogP contribution in [0.25, 0.3) is 11.2 Å². The minimum absolute atomic E-state index is 0.710. The molecular weight excluding hydrogens is 238 g/mol. The Morgan fingerprint density at radius 1 is 1.16 bits per heavy atom. The largest absolute Gasteiger partial charge is 0.354 e. The lowest BCUT2D eigenvalue weighted by molar-refractivity contribution is 0.355. The number of hydrogen-bond acceptors (Lipinski definition) is 4. The number of rotatable bonds is 2. The predicted molar refractivity (Wildman–Crippen MR) is 76.2 cm³/mol. The third-order valence-electron chi connectivity index (χ3n) is 3.89. The van der Waals surface area contributed by atoms with Gasteiger partial charge in [-0.15, -0.1) is 0 Å². The molecule has 3 heterocycles. The molecule has 2 unspecified atom stereocenters. The lowest BCUT2D eigenvalue weighted by Gasteiger charge is -2.35. The fourth-order valence-electron chi connectivity index (χ4n) is 3.17. The Bertz CT molecular complexity index is 566. The van der Waals surface area contributed by atoms with E-state index in [1.54, 1.807) is 6.33 Å². The van der Waals surface area contributed by atoms with Crippen LogP contribution in [0, 0.1) is 11.8 Å². The third kappa shape index (κ3) is 2.17. The van der Waals surface area contributed by atoms with E-state index in [9.17, 15) is 0 Å². The van der Waals surface area contributed by atoms with Crippen LogP contribution in [-0.4, -0.2) is 32.6 Å². The quantitative estimate of drug-likeness (QED) is 0.830. The number of nitrogens with zero attached hydrogens (tertiary/aromatic N) is 5. The van der Waals surface area contributed by atoms with Crippen molar-refractivity contribution in [1.82, 2.24) is 19.5 Å². The summed E-state index contributed by atoms with van der Waals surface area (Å²) in [5.74, 6) is 2.42. The summed E-state index contributed by atoms with van der Waals surface area (Å²) in [6, 6.07) is 0. The second kappa shape index (κ2) is 4.79. The molecule has 0 amide bonds. The van der Waals surface area contributed by atoms with Crippen molar-refractivity contribution >= 4 is 17.0 Å². The third-order valence-corrected chi connectivity index (χ3v) is 3.89. The van der Waals surface area contributed by atoms with Gasteiger partial charge in [0.05, 0.1) is 6.33 Å². The molecule has 0 spiro atoms. The van der Waals surface area contributed by atoms with E-state index >= 15 is 0 Å². The smallest absolute Gasteiger partial charge is 0.165 e. The molecular formula is C14H21N5. The first-order valence-electron chi connectivity index (χ1n) is 7.09. The second-order valence-corrected chi connectivity index (χ2v) is 5.75. The van der Waals surface area contributed by atoms with Gasteiger partial charge >= 0.3 is 0 Å². The van der Waals surface area contributed by atoms with Gasteiger partial charge in [-0.25, -0.2) is 15.0 Å². The van der Waals surface area contributed by atoms with Crippen molar-refractivity contribution in [3.8, 4) is 0 Å². The average Bonchev–Trinajstić information content (AvgIpc) is 2.80. The standard InChI is InChI=1S/C14H21N5/c1-4-18-9-17-12-13(18)15-8-16-14(12)19-6-10(2)5-11(3)7-19/h8-11H,4-7H2,1-3H3. The summed E-state index contributed by atoms with van der Waals surface area (Å²) in [6.07, 6.45) is 4.82. The van der Waals surface area contributed by atoms with Crippen molar-refractivity contribution in [3.63, 3.8) is 0 Å². The van der Waals surface area contributed by atoms with E-state index in [4.69, 9.17) is 0 Å². The van der Waals surface area contributed by atoms with Crippen molar-refractivity contribution in [2.75, 3.05) is 18.0 Å². The lowest BCUT2D eigenvalue weighted by Crippen LogP contribution is -2.39. The van der Waals surface area contributed by atoms with Gasteiger partial charge in [0.1, 0.15) is 6.33 Å². The Kier molecular flexibility index (Phi) is 3.12. The van der Waals surface area contributed by atoms with Crippen LogP contribution in [-0.2, 0) is 6.54 Å². The van der Waals surface area contributed by atoms with Crippen molar-refractivity contribution in [2.45, 2.75) is 33.7 Å². The van der Waals surface area contributed by atoms with Crippen LogP contribution in [0.15, 0.2) is 12.7 Å². The van der Waals surface area contributed by atoms with E-state index < -0.39 is 0 Å². The van der Waals surface area contributed by atoms with E-state index in [-0.39, 0.29) is 0 Å². The zero-order chi connectivity index (χ0) is 13.4. The van der Waals surface area contributed by atoms with Crippen molar-refractivity contribution in [1.29, 1.82) is 0 Å². The molecule has 0 N–H and O–H groups in total. The summed E-state index contributed by atoms with van der Waals surface area (Å²) in [7, 11) is 0. The number of anilines is 1. The molecule has 1 fully saturated rings. The van der Waals surface area contributed by atoms with Gasteiger partial charge in [0.25, 0.3) is 0 Å². The lowest BCUT2D eigenvalue weighted by atomic mass is 9.92. The maximum Gasteiger partial charge on any atom is 0.165 e. The first kappa shape index (κ1) is 12.4. The van der Waals surface area contributed by atoms with Gasteiger partial charge < -0.3 is 9.47 Å². The number of piperidine rings is 1. The molecule has 19 heavy (non-hydrogen) atoms. The normalized spacial score (nSPS) is 24.1. The molecule has 0 aliphatic carbocycles. The Morgan fingerprint density at radius 2 is 1.89 bits per heavy atom. The Hall–Kier alpha value is -1.65. The Morgan fingerprint density at radius 3 is 2.58 bits per heavy atom. The molecule has 2 aromatic rings. The molecule has 0 bridgehead atoms. The average molecular weight is 259 g/mol. The summed E-state index contributed by atoms with van der Waals surface area (Å²) < 4.78 is 2.07. The number of imidazole rings is 1. The van der Waals surface area contributed by atoms with Crippen LogP contribution in [0.1, 0.15) is 27.2 Å². The summed E-state index contributed by atoms with van der Waals surface area (Å²) >= 11 is 0. The SMILES string of the molecule is CCn1cnc2c(N3CC(C)CC(C)C3)ncnc21. The molecule has 1 aliphatic rings. The van der Waals surface area contributed by atoms with Gasteiger partial charge in [-0.3, -0.25) is 0 Å². The summed E-state index contributed by atoms with van der Waals surface area (Å²) in [5.41, 5.74) is 1.88. The van der Waals surface area contributed by atoms with Crippen LogP contribution in [0.3, 0.4) is 0 Å². The highest BCUT2D eigenvalue weighted by molar-refractivity contribution is 5.83. The first-order valence-corrected chi connectivity index (χ1v) is 7.09. The van der Waals surface area contributed by atoms with Gasteiger partial charge in [-0.2, -0.15) is 0 Å². The molecule has 1 saturated heterocycles. The monoisotopic (exact) mass is 259 g/mol. The molecule has 0 aromatic carbocycles.